The van der Waals surface area contributed by atoms with Crippen molar-refractivity contribution in [1.29, 1.82) is 0 Å². The molecule has 0 aliphatic carbocycles. The second-order valence-electron chi connectivity index (χ2n) is 4.10. The van der Waals surface area contributed by atoms with E-state index in [0.717, 1.165) is 30.8 Å². The average molecular weight is 222 g/mol. The third kappa shape index (κ3) is 3.42. The first-order chi connectivity index (χ1) is 7.69. The number of hydrogen-bond acceptors (Lipinski definition) is 3. The standard InChI is InChI=1S/C13H22N2O/c1-4-7-11(14)10-15(2)12-8-5-6-9-13(12)16-3/h5-6,8-9,11H,4,7,10,14H2,1-3H3. The normalized spacial score (nSPS) is 12.2. The van der Waals surface area contributed by atoms with Crippen molar-refractivity contribution >= 4 is 5.69 Å². The largest absolute Gasteiger partial charge is 0.495 e. The molecule has 1 atom stereocenters. The van der Waals surface area contributed by atoms with Crippen LogP contribution in [0.1, 0.15) is 19.8 Å². The van der Waals surface area contributed by atoms with Crippen LogP contribution in [0.25, 0.3) is 0 Å². The molecule has 90 valence electrons. The zero-order valence-electron chi connectivity index (χ0n) is 10.4. The molecule has 0 saturated heterocycles. The maximum absolute atomic E-state index is 6.03. The summed E-state index contributed by atoms with van der Waals surface area (Å²) in [5.41, 5.74) is 7.13. The van der Waals surface area contributed by atoms with Gasteiger partial charge in [-0.05, 0) is 18.6 Å². The van der Waals surface area contributed by atoms with Crippen LogP contribution in [0, 0.1) is 0 Å². The molecule has 0 heterocycles. The molecule has 0 fully saturated rings. The first kappa shape index (κ1) is 12.8. The van der Waals surface area contributed by atoms with Gasteiger partial charge in [-0.1, -0.05) is 25.5 Å². The number of methoxy groups -OCH3 is 1. The fourth-order valence-electron chi connectivity index (χ4n) is 1.86. The predicted molar refractivity (Wildman–Crippen MR) is 69.1 cm³/mol. The summed E-state index contributed by atoms with van der Waals surface area (Å²) < 4.78 is 5.33. The first-order valence-corrected chi connectivity index (χ1v) is 5.78. The lowest BCUT2D eigenvalue weighted by molar-refractivity contribution is 0.414. The molecule has 3 nitrogen and oxygen atoms in total. The van der Waals surface area contributed by atoms with Gasteiger partial charge in [0.25, 0.3) is 0 Å². The SMILES string of the molecule is CCCC(N)CN(C)c1ccccc1OC. The molecule has 1 rings (SSSR count). The molecule has 3 heteroatoms. The molecule has 1 unspecified atom stereocenters. The van der Waals surface area contributed by atoms with E-state index in [1.165, 1.54) is 0 Å². The van der Waals surface area contributed by atoms with E-state index in [9.17, 15) is 0 Å². The fourth-order valence-corrected chi connectivity index (χ4v) is 1.86. The molecule has 0 spiro atoms. The number of likely N-dealkylation sites (N-methyl/N-ethyl adjacent to an activating group) is 1. The van der Waals surface area contributed by atoms with Crippen LogP contribution in [0.3, 0.4) is 0 Å². The molecule has 0 radical (unpaired) electrons. The molecule has 1 aromatic rings. The van der Waals surface area contributed by atoms with Crippen molar-refractivity contribution in [1.82, 2.24) is 0 Å². The van der Waals surface area contributed by atoms with Crippen molar-refractivity contribution in [2.75, 3.05) is 25.6 Å². The van der Waals surface area contributed by atoms with Crippen LogP contribution < -0.4 is 15.4 Å². The Morgan fingerprint density at radius 1 is 1.38 bits per heavy atom. The van der Waals surface area contributed by atoms with E-state index in [0.29, 0.717) is 0 Å². The van der Waals surface area contributed by atoms with Gasteiger partial charge in [0.1, 0.15) is 5.75 Å². The third-order valence-electron chi connectivity index (χ3n) is 2.66. The van der Waals surface area contributed by atoms with Gasteiger partial charge in [0.05, 0.1) is 12.8 Å². The van der Waals surface area contributed by atoms with Gasteiger partial charge in [-0.15, -0.1) is 0 Å². The molecular formula is C13H22N2O. The Balaban J connectivity index is 2.68. The lowest BCUT2D eigenvalue weighted by atomic mass is 10.1. The number of para-hydroxylation sites is 2. The van der Waals surface area contributed by atoms with Gasteiger partial charge in [-0.2, -0.15) is 0 Å². The summed E-state index contributed by atoms with van der Waals surface area (Å²) in [5.74, 6) is 0.897. The van der Waals surface area contributed by atoms with Crippen molar-refractivity contribution < 1.29 is 4.74 Å². The monoisotopic (exact) mass is 222 g/mol. The highest BCUT2D eigenvalue weighted by Crippen LogP contribution is 2.26. The minimum atomic E-state index is 0.222. The van der Waals surface area contributed by atoms with Crippen molar-refractivity contribution in [3.05, 3.63) is 24.3 Å². The highest BCUT2D eigenvalue weighted by atomic mass is 16.5. The van der Waals surface area contributed by atoms with Gasteiger partial charge in [0, 0.05) is 19.6 Å². The number of hydrogen-bond donors (Lipinski definition) is 1. The molecule has 0 bridgehead atoms. The van der Waals surface area contributed by atoms with Gasteiger partial charge in [-0.3, -0.25) is 0 Å². The third-order valence-corrected chi connectivity index (χ3v) is 2.66. The van der Waals surface area contributed by atoms with E-state index in [-0.39, 0.29) is 6.04 Å². The van der Waals surface area contributed by atoms with E-state index in [1.807, 2.05) is 25.2 Å². The molecule has 0 aliphatic rings. The highest BCUT2D eigenvalue weighted by Gasteiger charge is 2.10. The van der Waals surface area contributed by atoms with E-state index < -0.39 is 0 Å². The Hall–Kier alpha value is -1.22. The Kier molecular flexibility index (Phi) is 5.12. The lowest BCUT2D eigenvalue weighted by Gasteiger charge is -2.24. The topological polar surface area (TPSA) is 38.5 Å². The van der Waals surface area contributed by atoms with Crippen molar-refractivity contribution in [2.24, 2.45) is 5.73 Å². The second-order valence-corrected chi connectivity index (χ2v) is 4.10. The summed E-state index contributed by atoms with van der Waals surface area (Å²) in [4.78, 5) is 2.15. The molecule has 0 aromatic heterocycles. The van der Waals surface area contributed by atoms with Crippen molar-refractivity contribution in [3.8, 4) is 5.75 Å². The van der Waals surface area contributed by atoms with Gasteiger partial charge >= 0.3 is 0 Å². The zero-order chi connectivity index (χ0) is 12.0. The van der Waals surface area contributed by atoms with E-state index in [1.54, 1.807) is 7.11 Å². The van der Waals surface area contributed by atoms with Gasteiger partial charge in [0.2, 0.25) is 0 Å². The van der Waals surface area contributed by atoms with E-state index in [4.69, 9.17) is 10.5 Å². The molecule has 2 N–H and O–H groups in total. The smallest absolute Gasteiger partial charge is 0.142 e. The van der Waals surface area contributed by atoms with Crippen LogP contribution in [0.2, 0.25) is 0 Å². The van der Waals surface area contributed by atoms with Crippen LogP contribution in [0.4, 0.5) is 5.69 Å². The maximum Gasteiger partial charge on any atom is 0.142 e. The highest BCUT2D eigenvalue weighted by molar-refractivity contribution is 5.57. The molecule has 16 heavy (non-hydrogen) atoms. The summed E-state index contributed by atoms with van der Waals surface area (Å²) in [6.07, 6.45) is 2.18. The van der Waals surface area contributed by atoms with E-state index in [2.05, 4.69) is 17.9 Å². The van der Waals surface area contributed by atoms with Gasteiger partial charge in [0.15, 0.2) is 0 Å². The Bertz CT molecular complexity index is 315. The number of anilines is 1. The van der Waals surface area contributed by atoms with Crippen molar-refractivity contribution in [2.45, 2.75) is 25.8 Å². The lowest BCUT2D eigenvalue weighted by Crippen LogP contribution is -2.35. The number of ether oxygens (including phenoxy) is 1. The first-order valence-electron chi connectivity index (χ1n) is 5.78. The minimum absolute atomic E-state index is 0.222. The quantitative estimate of drug-likeness (QED) is 0.802. The Morgan fingerprint density at radius 2 is 2.06 bits per heavy atom. The zero-order valence-corrected chi connectivity index (χ0v) is 10.4. The van der Waals surface area contributed by atoms with Crippen LogP contribution in [-0.4, -0.2) is 26.7 Å². The number of nitrogens with two attached hydrogens (primary N) is 1. The summed E-state index contributed by atoms with van der Waals surface area (Å²) in [7, 11) is 3.74. The summed E-state index contributed by atoms with van der Waals surface area (Å²) in [6, 6.07) is 8.23. The van der Waals surface area contributed by atoms with Crippen LogP contribution in [-0.2, 0) is 0 Å². The number of benzene rings is 1. The Labute approximate surface area is 98.2 Å². The number of rotatable bonds is 6. The van der Waals surface area contributed by atoms with E-state index >= 15 is 0 Å². The van der Waals surface area contributed by atoms with Crippen LogP contribution in [0.5, 0.6) is 5.75 Å². The summed E-state index contributed by atoms with van der Waals surface area (Å²) in [5, 5.41) is 0. The molecule has 0 saturated carbocycles. The molecule has 1 aromatic carbocycles. The molecule has 0 amide bonds. The van der Waals surface area contributed by atoms with Crippen molar-refractivity contribution in [3.63, 3.8) is 0 Å². The molecule has 0 aliphatic heterocycles. The summed E-state index contributed by atoms with van der Waals surface area (Å²) >= 11 is 0. The maximum atomic E-state index is 6.03. The average Bonchev–Trinajstić information content (AvgIpc) is 2.29. The molecular weight excluding hydrogens is 200 g/mol. The van der Waals surface area contributed by atoms with Gasteiger partial charge < -0.3 is 15.4 Å². The summed E-state index contributed by atoms with van der Waals surface area (Å²) in [6.45, 7) is 3.01. The Morgan fingerprint density at radius 3 is 2.69 bits per heavy atom. The minimum Gasteiger partial charge on any atom is -0.495 e. The second kappa shape index (κ2) is 6.38. The number of nitrogens with zero attached hydrogens (tertiary/aromatic N) is 1. The van der Waals surface area contributed by atoms with Crippen LogP contribution >= 0.6 is 0 Å². The fraction of sp³-hybridized carbons (Fsp3) is 0.538. The van der Waals surface area contributed by atoms with Gasteiger partial charge in [-0.25, -0.2) is 0 Å². The predicted octanol–water partition coefficient (Wildman–Crippen LogP) is 2.26. The van der Waals surface area contributed by atoms with Crippen LogP contribution in [0.15, 0.2) is 24.3 Å².